The maximum Gasteiger partial charge on any atom is 0.422 e. The topological polar surface area (TPSA) is 33.6 Å². The zero-order chi connectivity index (χ0) is 12.4. The van der Waals surface area contributed by atoms with Crippen molar-refractivity contribution in [3.05, 3.63) is 24.1 Å². The van der Waals surface area contributed by atoms with Crippen molar-refractivity contribution in [2.75, 3.05) is 20.2 Å². The Bertz CT molecular complexity index is 270. The Morgan fingerprint density at radius 2 is 2.12 bits per heavy atom. The van der Waals surface area contributed by atoms with Crippen LogP contribution in [-0.2, 0) is 4.74 Å². The first kappa shape index (κ1) is 14.7. The van der Waals surface area contributed by atoms with Crippen molar-refractivity contribution in [2.24, 2.45) is 4.99 Å². The van der Waals surface area contributed by atoms with Gasteiger partial charge < -0.3 is 10.1 Å². The lowest BCUT2D eigenvalue weighted by atomic mass is 10.4. The number of nitrogens with one attached hydrogen (secondary N) is 1. The van der Waals surface area contributed by atoms with E-state index in [1.807, 2.05) is 0 Å². The van der Waals surface area contributed by atoms with E-state index in [4.69, 9.17) is 0 Å². The van der Waals surface area contributed by atoms with E-state index in [0.29, 0.717) is 6.54 Å². The van der Waals surface area contributed by atoms with Gasteiger partial charge in [0.05, 0.1) is 6.20 Å². The molecule has 3 nitrogen and oxygen atoms in total. The number of allylic oxidation sites excluding steroid dienone is 2. The first-order valence-corrected chi connectivity index (χ1v) is 4.68. The molecule has 0 fully saturated rings. The molecule has 0 amide bonds. The predicted octanol–water partition coefficient (Wildman–Crippen LogP) is 2.27. The van der Waals surface area contributed by atoms with Gasteiger partial charge in [-0.2, -0.15) is 13.2 Å². The van der Waals surface area contributed by atoms with Crippen LogP contribution in [-0.4, -0.2) is 32.6 Å². The second-order valence-electron chi connectivity index (χ2n) is 2.82. The minimum atomic E-state index is -4.34. The molecule has 0 radical (unpaired) electrons. The van der Waals surface area contributed by atoms with Gasteiger partial charge >= 0.3 is 6.18 Å². The Kier molecular flexibility index (Phi) is 7.28. The number of alkyl halides is 3. The molecular formula is C10H15F3N2O. The fourth-order valence-corrected chi connectivity index (χ4v) is 0.728. The standard InChI is InChI=1S/C10H15F3N2O/c1-3-4-9(7-15-6-5-14-2)16-8-10(11,12)13/h3-4,6-7,14H,5,8H2,1-2H3/b4-3-,9-7+,15-6+. The molecule has 0 spiro atoms. The second kappa shape index (κ2) is 7.92. The highest BCUT2D eigenvalue weighted by molar-refractivity contribution is 5.60. The van der Waals surface area contributed by atoms with Gasteiger partial charge in [0.25, 0.3) is 0 Å². The molecular weight excluding hydrogens is 221 g/mol. The third-order valence-corrected chi connectivity index (χ3v) is 1.34. The third kappa shape index (κ3) is 9.26. The minimum Gasteiger partial charge on any atom is -0.483 e. The molecule has 0 bridgehead atoms. The zero-order valence-electron chi connectivity index (χ0n) is 9.21. The van der Waals surface area contributed by atoms with E-state index in [0.717, 1.165) is 0 Å². The lowest BCUT2D eigenvalue weighted by molar-refractivity contribution is -0.163. The average molecular weight is 236 g/mol. The molecule has 16 heavy (non-hydrogen) atoms. The summed E-state index contributed by atoms with van der Waals surface area (Å²) < 4.78 is 40.2. The largest absolute Gasteiger partial charge is 0.483 e. The van der Waals surface area contributed by atoms with Crippen molar-refractivity contribution in [1.82, 2.24) is 5.32 Å². The van der Waals surface area contributed by atoms with Crippen LogP contribution < -0.4 is 5.32 Å². The zero-order valence-corrected chi connectivity index (χ0v) is 9.21. The number of nitrogens with zero attached hydrogens (tertiary/aromatic N) is 1. The highest BCUT2D eigenvalue weighted by atomic mass is 19.4. The first-order valence-electron chi connectivity index (χ1n) is 4.68. The molecule has 0 aliphatic carbocycles. The molecule has 92 valence electrons. The molecule has 0 aromatic rings. The van der Waals surface area contributed by atoms with Crippen LogP contribution in [0.2, 0.25) is 0 Å². The van der Waals surface area contributed by atoms with Gasteiger partial charge in [0.15, 0.2) is 6.61 Å². The maximum atomic E-state index is 11.9. The Labute approximate surface area is 92.7 Å². The van der Waals surface area contributed by atoms with Crippen LogP contribution in [0.1, 0.15) is 6.92 Å². The van der Waals surface area contributed by atoms with E-state index in [-0.39, 0.29) is 5.76 Å². The van der Waals surface area contributed by atoms with Gasteiger partial charge in [0, 0.05) is 12.8 Å². The van der Waals surface area contributed by atoms with Crippen molar-refractivity contribution < 1.29 is 17.9 Å². The summed E-state index contributed by atoms with van der Waals surface area (Å²) in [6.45, 7) is 0.908. The molecule has 1 N–H and O–H groups in total. The number of hydrogen-bond acceptors (Lipinski definition) is 3. The lowest BCUT2D eigenvalue weighted by Gasteiger charge is -2.08. The van der Waals surface area contributed by atoms with Crippen molar-refractivity contribution in [1.29, 1.82) is 0 Å². The van der Waals surface area contributed by atoms with Crippen LogP contribution in [0.5, 0.6) is 0 Å². The normalized spacial score (nSPS) is 13.9. The Balaban J connectivity index is 4.26. The van der Waals surface area contributed by atoms with E-state index in [2.05, 4.69) is 15.0 Å². The number of rotatable bonds is 6. The summed E-state index contributed by atoms with van der Waals surface area (Å²) in [5.74, 6) is 0.0761. The average Bonchev–Trinajstić information content (AvgIpc) is 2.19. The summed E-state index contributed by atoms with van der Waals surface area (Å²) in [6, 6.07) is 0. The van der Waals surface area contributed by atoms with Crippen LogP contribution in [0.15, 0.2) is 29.1 Å². The molecule has 0 aliphatic rings. The number of halogens is 3. The van der Waals surface area contributed by atoms with Crippen molar-refractivity contribution in [3.8, 4) is 0 Å². The molecule has 0 aliphatic heterocycles. The van der Waals surface area contributed by atoms with Crippen LogP contribution in [0.25, 0.3) is 0 Å². The monoisotopic (exact) mass is 236 g/mol. The summed E-state index contributed by atoms with van der Waals surface area (Å²) in [5, 5.41) is 2.81. The summed E-state index contributed by atoms with van der Waals surface area (Å²) >= 11 is 0. The summed E-state index contributed by atoms with van der Waals surface area (Å²) in [6.07, 6.45) is 1.43. The fourth-order valence-electron chi connectivity index (χ4n) is 0.728. The second-order valence-corrected chi connectivity index (χ2v) is 2.82. The summed E-state index contributed by atoms with van der Waals surface area (Å²) in [7, 11) is 1.74. The highest BCUT2D eigenvalue weighted by Crippen LogP contribution is 2.16. The molecule has 0 heterocycles. The Hall–Kier alpha value is -1.30. The molecule has 0 aromatic carbocycles. The molecule has 0 atom stereocenters. The van der Waals surface area contributed by atoms with Gasteiger partial charge in [-0.3, -0.25) is 4.99 Å². The van der Waals surface area contributed by atoms with Gasteiger partial charge in [-0.1, -0.05) is 6.08 Å². The van der Waals surface area contributed by atoms with Gasteiger partial charge in [-0.25, -0.2) is 0 Å². The predicted molar refractivity (Wildman–Crippen MR) is 57.3 cm³/mol. The molecule has 0 saturated carbocycles. The Morgan fingerprint density at radius 1 is 1.44 bits per heavy atom. The number of hydrogen-bond donors (Lipinski definition) is 1. The Morgan fingerprint density at radius 3 is 2.62 bits per heavy atom. The van der Waals surface area contributed by atoms with Crippen LogP contribution in [0.4, 0.5) is 13.2 Å². The highest BCUT2D eigenvalue weighted by Gasteiger charge is 2.28. The number of aliphatic imine (C=N–C) groups is 1. The first-order chi connectivity index (χ1) is 7.49. The summed E-state index contributed by atoms with van der Waals surface area (Å²) in [5.41, 5.74) is 0. The lowest BCUT2D eigenvalue weighted by Crippen LogP contribution is -2.16. The molecule has 0 unspecified atom stereocenters. The van der Waals surface area contributed by atoms with Crippen LogP contribution in [0.3, 0.4) is 0 Å². The van der Waals surface area contributed by atoms with Gasteiger partial charge in [0.1, 0.15) is 5.76 Å². The molecule has 0 saturated heterocycles. The molecule has 6 heteroatoms. The SMILES string of the molecule is C\C=C/C(=C\N=C\CNC)OCC(F)(F)F. The van der Waals surface area contributed by atoms with Crippen molar-refractivity contribution >= 4 is 6.21 Å². The van der Waals surface area contributed by atoms with Gasteiger partial charge in [-0.05, 0) is 20.0 Å². The molecule has 0 rings (SSSR count). The van der Waals surface area contributed by atoms with E-state index >= 15 is 0 Å². The van der Waals surface area contributed by atoms with Crippen molar-refractivity contribution in [2.45, 2.75) is 13.1 Å². The maximum absolute atomic E-state index is 11.9. The fraction of sp³-hybridized carbons (Fsp3) is 0.500. The van der Waals surface area contributed by atoms with Gasteiger partial charge in [0.2, 0.25) is 0 Å². The third-order valence-electron chi connectivity index (χ3n) is 1.34. The number of ether oxygens (including phenoxy) is 1. The van der Waals surface area contributed by atoms with Crippen LogP contribution in [0, 0.1) is 0 Å². The smallest absolute Gasteiger partial charge is 0.422 e. The van der Waals surface area contributed by atoms with E-state index in [9.17, 15) is 13.2 Å². The van der Waals surface area contributed by atoms with Gasteiger partial charge in [-0.15, -0.1) is 0 Å². The summed E-state index contributed by atoms with van der Waals surface area (Å²) in [4.78, 5) is 3.79. The van der Waals surface area contributed by atoms with E-state index in [1.54, 1.807) is 20.0 Å². The van der Waals surface area contributed by atoms with Crippen molar-refractivity contribution in [3.63, 3.8) is 0 Å². The molecule has 0 aromatic heterocycles. The van der Waals surface area contributed by atoms with E-state index in [1.165, 1.54) is 18.5 Å². The minimum absolute atomic E-state index is 0.0761. The van der Waals surface area contributed by atoms with E-state index < -0.39 is 12.8 Å². The van der Waals surface area contributed by atoms with Crippen LogP contribution >= 0.6 is 0 Å². The quantitative estimate of drug-likeness (QED) is 0.436.